The van der Waals surface area contributed by atoms with Crippen molar-refractivity contribution in [3.8, 4) is 0 Å². The standard InChI is InChI=1S/C29H43N3O4/c1-20(15-21-7-6-8-21)26(34)31-14-13-29(36,28(18-31)11-4-5-12-28)19-32-17-24(27(35)30(2)3)23(16-25(32)33)22-9-10-22/h16-17,20-22,36H,4-15,18-19H2,1-3H3/t20?,29-/m1/s1. The van der Waals surface area contributed by atoms with Crippen LogP contribution in [-0.2, 0) is 11.3 Å². The van der Waals surface area contributed by atoms with Crippen molar-refractivity contribution < 1.29 is 14.7 Å². The lowest BCUT2D eigenvalue weighted by Crippen LogP contribution is -2.62. The minimum Gasteiger partial charge on any atom is -0.387 e. The van der Waals surface area contributed by atoms with Crippen LogP contribution in [0.2, 0.25) is 0 Å². The van der Waals surface area contributed by atoms with Crippen molar-refractivity contribution in [2.45, 2.75) is 95.6 Å². The van der Waals surface area contributed by atoms with Gasteiger partial charge in [0, 0.05) is 50.8 Å². The molecular weight excluding hydrogens is 454 g/mol. The number of likely N-dealkylation sites (tertiary alicyclic amines) is 1. The van der Waals surface area contributed by atoms with Gasteiger partial charge in [-0.1, -0.05) is 39.0 Å². The molecule has 2 atom stereocenters. The number of amides is 2. The summed E-state index contributed by atoms with van der Waals surface area (Å²) in [5.41, 5.74) is -0.221. The van der Waals surface area contributed by atoms with Gasteiger partial charge in [-0.2, -0.15) is 0 Å². The van der Waals surface area contributed by atoms with Crippen LogP contribution in [0.4, 0.5) is 0 Å². The van der Waals surface area contributed by atoms with Gasteiger partial charge in [0.15, 0.2) is 0 Å². The van der Waals surface area contributed by atoms with Crippen LogP contribution in [0, 0.1) is 17.3 Å². The van der Waals surface area contributed by atoms with Crippen LogP contribution in [0.15, 0.2) is 17.1 Å². The van der Waals surface area contributed by atoms with Crippen LogP contribution >= 0.6 is 0 Å². The Kier molecular flexibility index (Phi) is 6.81. The molecule has 0 radical (unpaired) electrons. The summed E-state index contributed by atoms with van der Waals surface area (Å²) in [6, 6.07) is 1.62. The van der Waals surface area contributed by atoms with Gasteiger partial charge in [-0.05, 0) is 55.9 Å². The summed E-state index contributed by atoms with van der Waals surface area (Å²) in [5.74, 6) is 1.12. The molecule has 4 aliphatic rings. The Labute approximate surface area is 214 Å². The normalized spacial score (nSPS) is 26.6. The predicted molar refractivity (Wildman–Crippen MR) is 139 cm³/mol. The number of hydrogen-bond acceptors (Lipinski definition) is 4. The lowest BCUT2D eigenvalue weighted by atomic mass is 9.65. The summed E-state index contributed by atoms with van der Waals surface area (Å²) in [7, 11) is 3.46. The summed E-state index contributed by atoms with van der Waals surface area (Å²) in [4.78, 5) is 43.1. The third-order valence-corrected chi connectivity index (χ3v) is 9.73. The molecule has 36 heavy (non-hydrogen) atoms. The summed E-state index contributed by atoms with van der Waals surface area (Å²) in [5, 5.41) is 12.2. The van der Waals surface area contributed by atoms with Gasteiger partial charge >= 0.3 is 0 Å². The lowest BCUT2D eigenvalue weighted by Gasteiger charge is -2.53. The number of piperidine rings is 1. The number of nitrogens with zero attached hydrogens (tertiary/aromatic N) is 3. The second-order valence-electron chi connectivity index (χ2n) is 12.5. The second kappa shape index (κ2) is 9.62. The van der Waals surface area contributed by atoms with E-state index in [1.807, 2.05) is 4.90 Å². The number of carbonyl (C=O) groups excluding carboxylic acids is 2. The molecule has 2 amide bonds. The van der Waals surface area contributed by atoms with Gasteiger partial charge in [0.05, 0.1) is 17.7 Å². The van der Waals surface area contributed by atoms with Crippen molar-refractivity contribution >= 4 is 11.8 Å². The Morgan fingerprint density at radius 3 is 2.39 bits per heavy atom. The number of carbonyl (C=O) groups is 2. The number of pyridine rings is 1. The molecule has 0 aromatic carbocycles. The highest BCUT2D eigenvalue weighted by molar-refractivity contribution is 5.95. The molecule has 3 saturated carbocycles. The maximum absolute atomic E-state index is 13.4. The molecule has 4 fully saturated rings. The summed E-state index contributed by atoms with van der Waals surface area (Å²) >= 11 is 0. The van der Waals surface area contributed by atoms with Crippen LogP contribution in [0.1, 0.15) is 99.4 Å². The second-order valence-corrected chi connectivity index (χ2v) is 12.5. The van der Waals surface area contributed by atoms with Crippen molar-refractivity contribution in [1.29, 1.82) is 0 Å². The molecule has 1 aliphatic heterocycles. The molecule has 198 valence electrons. The fourth-order valence-electron chi connectivity index (χ4n) is 7.07. The highest BCUT2D eigenvalue weighted by atomic mass is 16.3. The largest absolute Gasteiger partial charge is 0.387 e. The van der Waals surface area contributed by atoms with Gasteiger partial charge < -0.3 is 19.5 Å². The molecule has 7 heteroatoms. The number of aromatic nitrogens is 1. The molecule has 1 N–H and O–H groups in total. The molecule has 2 heterocycles. The van der Waals surface area contributed by atoms with Crippen LogP contribution in [0.5, 0.6) is 0 Å². The minimum atomic E-state index is -1.08. The quantitative estimate of drug-likeness (QED) is 0.622. The number of aliphatic hydroxyl groups is 1. The highest BCUT2D eigenvalue weighted by Gasteiger charge is 2.56. The zero-order chi connectivity index (χ0) is 25.7. The van der Waals surface area contributed by atoms with Crippen molar-refractivity contribution in [1.82, 2.24) is 14.4 Å². The fourth-order valence-corrected chi connectivity index (χ4v) is 7.07. The van der Waals surface area contributed by atoms with Gasteiger partial charge in [0.25, 0.3) is 11.5 Å². The summed E-state index contributed by atoms with van der Waals surface area (Å²) in [6.45, 7) is 3.32. The fraction of sp³-hybridized carbons (Fsp3) is 0.759. The van der Waals surface area contributed by atoms with E-state index in [4.69, 9.17) is 0 Å². The van der Waals surface area contributed by atoms with E-state index < -0.39 is 11.0 Å². The first-order valence-corrected chi connectivity index (χ1v) is 14.1. The Balaban J connectivity index is 1.39. The monoisotopic (exact) mass is 497 g/mol. The zero-order valence-electron chi connectivity index (χ0n) is 22.3. The molecule has 5 rings (SSSR count). The van der Waals surface area contributed by atoms with E-state index in [0.717, 1.165) is 50.5 Å². The Hall–Kier alpha value is -2.15. The van der Waals surface area contributed by atoms with E-state index in [2.05, 4.69) is 6.92 Å². The van der Waals surface area contributed by atoms with Gasteiger partial charge in [0.2, 0.25) is 5.91 Å². The summed E-state index contributed by atoms with van der Waals surface area (Å²) < 4.78 is 1.57. The first kappa shape index (κ1) is 25.5. The highest BCUT2D eigenvalue weighted by Crippen LogP contribution is 2.52. The lowest BCUT2D eigenvalue weighted by molar-refractivity contribution is -0.163. The Morgan fingerprint density at radius 1 is 1.11 bits per heavy atom. The van der Waals surface area contributed by atoms with Crippen molar-refractivity contribution in [3.05, 3.63) is 33.7 Å². The molecular formula is C29H43N3O4. The van der Waals surface area contributed by atoms with Gasteiger partial charge in [0.1, 0.15) is 0 Å². The Bertz CT molecular complexity index is 1060. The molecule has 7 nitrogen and oxygen atoms in total. The molecule has 3 aliphatic carbocycles. The van der Waals surface area contributed by atoms with Gasteiger partial charge in [-0.3, -0.25) is 14.4 Å². The maximum Gasteiger partial charge on any atom is 0.255 e. The summed E-state index contributed by atoms with van der Waals surface area (Å²) in [6.07, 6.45) is 12.7. The molecule has 1 aromatic rings. The van der Waals surface area contributed by atoms with Crippen LogP contribution in [-0.4, -0.2) is 64.1 Å². The van der Waals surface area contributed by atoms with Crippen LogP contribution in [0.3, 0.4) is 0 Å². The van der Waals surface area contributed by atoms with E-state index in [-0.39, 0.29) is 35.8 Å². The smallest absolute Gasteiger partial charge is 0.255 e. The van der Waals surface area contributed by atoms with E-state index in [9.17, 15) is 19.5 Å². The molecule has 1 spiro atoms. The molecule has 0 bridgehead atoms. The number of rotatable bonds is 7. The third-order valence-electron chi connectivity index (χ3n) is 9.73. The SMILES string of the molecule is CC(CC1CCC1)C(=O)N1CC[C@@](O)(Cn2cc(C(=O)N(C)C)c(C3CC3)cc2=O)C2(CCCC2)C1. The average Bonchev–Trinajstić information content (AvgIpc) is 3.56. The van der Waals surface area contributed by atoms with E-state index in [1.54, 1.807) is 35.8 Å². The number of hydrogen-bond donors (Lipinski definition) is 1. The Morgan fingerprint density at radius 2 is 1.81 bits per heavy atom. The van der Waals surface area contributed by atoms with E-state index in [0.29, 0.717) is 31.0 Å². The van der Waals surface area contributed by atoms with Crippen molar-refractivity contribution in [3.63, 3.8) is 0 Å². The molecule has 1 aromatic heterocycles. The van der Waals surface area contributed by atoms with Crippen LogP contribution in [0.25, 0.3) is 0 Å². The van der Waals surface area contributed by atoms with Crippen molar-refractivity contribution in [2.24, 2.45) is 17.3 Å². The predicted octanol–water partition coefficient (Wildman–Crippen LogP) is 3.78. The van der Waals surface area contributed by atoms with E-state index >= 15 is 0 Å². The maximum atomic E-state index is 13.4. The van der Waals surface area contributed by atoms with Crippen LogP contribution < -0.4 is 5.56 Å². The molecule has 1 saturated heterocycles. The topological polar surface area (TPSA) is 82.8 Å². The third kappa shape index (κ3) is 4.64. The van der Waals surface area contributed by atoms with E-state index in [1.165, 1.54) is 19.3 Å². The molecule has 1 unspecified atom stereocenters. The zero-order valence-corrected chi connectivity index (χ0v) is 22.3. The minimum absolute atomic E-state index is 0.0251. The van der Waals surface area contributed by atoms with Gasteiger partial charge in [-0.15, -0.1) is 0 Å². The average molecular weight is 498 g/mol. The van der Waals surface area contributed by atoms with Crippen molar-refractivity contribution in [2.75, 3.05) is 27.2 Å². The first-order valence-electron chi connectivity index (χ1n) is 14.1. The first-order chi connectivity index (χ1) is 17.1. The van der Waals surface area contributed by atoms with Gasteiger partial charge in [-0.25, -0.2) is 0 Å².